The van der Waals surface area contributed by atoms with Crippen molar-refractivity contribution in [3.63, 3.8) is 0 Å². The highest BCUT2D eigenvalue weighted by Gasteiger charge is 2.19. The molecule has 18 heavy (non-hydrogen) atoms. The van der Waals surface area contributed by atoms with Gasteiger partial charge in [-0.2, -0.15) is 0 Å². The summed E-state index contributed by atoms with van der Waals surface area (Å²) in [7, 11) is 0. The Labute approximate surface area is 115 Å². The number of halogens is 1. The SMILES string of the molecule is CCCC1CCC(NCc2ccc(Cl)nc2)CC1. The molecule has 2 rings (SSSR count). The zero-order valence-corrected chi connectivity index (χ0v) is 11.9. The molecule has 2 nitrogen and oxygen atoms in total. The smallest absolute Gasteiger partial charge is 0.129 e. The van der Waals surface area contributed by atoms with Crippen LogP contribution in [0.15, 0.2) is 18.3 Å². The van der Waals surface area contributed by atoms with Crippen LogP contribution in [0.1, 0.15) is 51.0 Å². The van der Waals surface area contributed by atoms with E-state index in [1.54, 1.807) is 0 Å². The van der Waals surface area contributed by atoms with Crippen molar-refractivity contribution in [1.29, 1.82) is 0 Å². The second-order valence-corrected chi connectivity index (χ2v) is 5.76. The molecule has 1 aliphatic carbocycles. The molecular weight excluding hydrogens is 244 g/mol. The van der Waals surface area contributed by atoms with Crippen molar-refractivity contribution in [3.05, 3.63) is 29.0 Å². The van der Waals surface area contributed by atoms with Gasteiger partial charge in [-0.15, -0.1) is 0 Å². The summed E-state index contributed by atoms with van der Waals surface area (Å²) in [6, 6.07) is 4.59. The zero-order chi connectivity index (χ0) is 12.8. The van der Waals surface area contributed by atoms with E-state index >= 15 is 0 Å². The molecule has 1 aromatic rings. The standard InChI is InChI=1S/C15H23ClN2/c1-2-3-12-4-7-14(8-5-12)17-10-13-6-9-15(16)18-11-13/h6,9,11-12,14,17H,2-5,7-8,10H2,1H3. The molecule has 100 valence electrons. The van der Waals surface area contributed by atoms with Gasteiger partial charge in [0.2, 0.25) is 0 Å². The number of rotatable bonds is 5. The summed E-state index contributed by atoms with van der Waals surface area (Å²) in [4.78, 5) is 4.10. The van der Waals surface area contributed by atoms with Gasteiger partial charge >= 0.3 is 0 Å². The average Bonchev–Trinajstić information content (AvgIpc) is 2.40. The predicted molar refractivity (Wildman–Crippen MR) is 76.7 cm³/mol. The van der Waals surface area contributed by atoms with E-state index in [1.165, 1.54) is 44.1 Å². The lowest BCUT2D eigenvalue weighted by atomic mass is 9.83. The molecule has 1 heterocycles. The molecule has 1 aliphatic rings. The molecule has 0 unspecified atom stereocenters. The summed E-state index contributed by atoms with van der Waals surface area (Å²) in [5.41, 5.74) is 1.22. The van der Waals surface area contributed by atoms with Crippen LogP contribution in [0.2, 0.25) is 5.15 Å². The third-order valence-electron chi connectivity index (χ3n) is 3.93. The Balaban J connectivity index is 1.70. The van der Waals surface area contributed by atoms with Gasteiger partial charge in [0.25, 0.3) is 0 Å². The van der Waals surface area contributed by atoms with Crippen molar-refractivity contribution >= 4 is 11.6 Å². The minimum Gasteiger partial charge on any atom is -0.310 e. The Hall–Kier alpha value is -0.600. The van der Waals surface area contributed by atoms with Crippen molar-refractivity contribution in [2.45, 2.75) is 58.0 Å². The number of aromatic nitrogens is 1. The van der Waals surface area contributed by atoms with Crippen molar-refractivity contribution < 1.29 is 0 Å². The molecule has 3 heteroatoms. The van der Waals surface area contributed by atoms with E-state index in [0.29, 0.717) is 11.2 Å². The van der Waals surface area contributed by atoms with Gasteiger partial charge in [-0.1, -0.05) is 37.4 Å². The fourth-order valence-corrected chi connectivity index (χ4v) is 2.95. The van der Waals surface area contributed by atoms with Crippen molar-refractivity contribution in [2.24, 2.45) is 5.92 Å². The number of nitrogens with zero attached hydrogens (tertiary/aromatic N) is 1. The molecule has 0 aromatic carbocycles. The van der Waals surface area contributed by atoms with Crippen molar-refractivity contribution in [1.82, 2.24) is 10.3 Å². The van der Waals surface area contributed by atoms with Crippen molar-refractivity contribution in [2.75, 3.05) is 0 Å². The largest absolute Gasteiger partial charge is 0.310 e. The maximum absolute atomic E-state index is 5.77. The lowest BCUT2D eigenvalue weighted by molar-refractivity contribution is 0.277. The van der Waals surface area contributed by atoms with Gasteiger partial charge < -0.3 is 5.32 Å². The second-order valence-electron chi connectivity index (χ2n) is 5.38. The molecule has 0 spiro atoms. The van der Waals surface area contributed by atoms with Gasteiger partial charge in [-0.05, 0) is 43.2 Å². The maximum atomic E-state index is 5.77. The molecular formula is C15H23ClN2. The molecule has 0 bridgehead atoms. The molecule has 1 saturated carbocycles. The van der Waals surface area contributed by atoms with Gasteiger partial charge in [-0.3, -0.25) is 0 Å². The van der Waals surface area contributed by atoms with Crippen LogP contribution >= 0.6 is 11.6 Å². The van der Waals surface area contributed by atoms with Gasteiger partial charge in [-0.25, -0.2) is 4.98 Å². The van der Waals surface area contributed by atoms with Crippen LogP contribution in [0.25, 0.3) is 0 Å². The molecule has 0 saturated heterocycles. The van der Waals surface area contributed by atoms with Crippen LogP contribution in [0.4, 0.5) is 0 Å². The Morgan fingerprint density at radius 2 is 2.06 bits per heavy atom. The van der Waals surface area contributed by atoms with E-state index in [2.05, 4.69) is 17.2 Å². The first-order valence-corrected chi connectivity index (χ1v) is 7.49. The number of hydrogen-bond donors (Lipinski definition) is 1. The average molecular weight is 267 g/mol. The first-order valence-electron chi connectivity index (χ1n) is 7.11. The zero-order valence-electron chi connectivity index (χ0n) is 11.2. The normalized spacial score (nSPS) is 24.1. The predicted octanol–water partition coefficient (Wildman–Crippen LogP) is 4.18. The van der Waals surface area contributed by atoms with Gasteiger partial charge in [0, 0.05) is 18.8 Å². The summed E-state index contributed by atoms with van der Waals surface area (Å²) in [6.07, 6.45) is 10.0. The molecule has 0 amide bonds. The molecule has 0 atom stereocenters. The van der Waals surface area contributed by atoms with E-state index in [4.69, 9.17) is 11.6 Å². The topological polar surface area (TPSA) is 24.9 Å². The van der Waals surface area contributed by atoms with E-state index in [9.17, 15) is 0 Å². The van der Waals surface area contributed by atoms with E-state index in [1.807, 2.05) is 18.3 Å². The third-order valence-corrected chi connectivity index (χ3v) is 4.15. The van der Waals surface area contributed by atoms with Crippen molar-refractivity contribution in [3.8, 4) is 0 Å². The van der Waals surface area contributed by atoms with E-state index in [-0.39, 0.29) is 0 Å². The van der Waals surface area contributed by atoms with Gasteiger partial charge in [0.1, 0.15) is 5.15 Å². The Morgan fingerprint density at radius 1 is 1.28 bits per heavy atom. The second kappa shape index (κ2) is 7.10. The van der Waals surface area contributed by atoms with E-state index < -0.39 is 0 Å². The minimum atomic E-state index is 0.568. The molecule has 0 aliphatic heterocycles. The highest BCUT2D eigenvalue weighted by Crippen LogP contribution is 2.27. The Morgan fingerprint density at radius 3 is 2.67 bits per heavy atom. The first-order chi connectivity index (χ1) is 8.78. The Kier molecular flexibility index (Phi) is 5.45. The first kappa shape index (κ1) is 13.8. The highest BCUT2D eigenvalue weighted by molar-refractivity contribution is 6.29. The van der Waals surface area contributed by atoms with E-state index in [0.717, 1.165) is 12.5 Å². The molecule has 1 N–H and O–H groups in total. The van der Waals surface area contributed by atoms with Crippen LogP contribution < -0.4 is 5.32 Å². The van der Waals surface area contributed by atoms with Crippen LogP contribution in [0.3, 0.4) is 0 Å². The maximum Gasteiger partial charge on any atom is 0.129 e. The molecule has 0 radical (unpaired) electrons. The number of pyridine rings is 1. The van der Waals surface area contributed by atoms with Crippen LogP contribution in [0, 0.1) is 5.92 Å². The summed E-state index contributed by atoms with van der Waals surface area (Å²) in [5, 5.41) is 4.21. The quantitative estimate of drug-likeness (QED) is 0.809. The van der Waals surface area contributed by atoms with Crippen LogP contribution in [-0.4, -0.2) is 11.0 Å². The molecule has 1 fully saturated rings. The van der Waals surface area contributed by atoms with Crippen LogP contribution in [-0.2, 0) is 6.54 Å². The third kappa shape index (κ3) is 4.25. The fourth-order valence-electron chi connectivity index (χ4n) is 2.84. The summed E-state index contributed by atoms with van der Waals surface area (Å²) in [6.45, 7) is 3.20. The highest BCUT2D eigenvalue weighted by atomic mass is 35.5. The summed E-state index contributed by atoms with van der Waals surface area (Å²) < 4.78 is 0. The lowest BCUT2D eigenvalue weighted by Crippen LogP contribution is -2.32. The number of hydrogen-bond acceptors (Lipinski definition) is 2. The van der Waals surface area contributed by atoms with Gasteiger partial charge in [0.15, 0.2) is 0 Å². The Bertz CT molecular complexity index is 342. The fraction of sp³-hybridized carbons (Fsp3) is 0.667. The summed E-state index contributed by atoms with van der Waals surface area (Å²) in [5.74, 6) is 0.977. The number of nitrogens with one attached hydrogen (secondary N) is 1. The lowest BCUT2D eigenvalue weighted by Gasteiger charge is -2.29. The minimum absolute atomic E-state index is 0.568. The van der Waals surface area contributed by atoms with Gasteiger partial charge in [0.05, 0.1) is 0 Å². The molecule has 1 aromatic heterocycles. The summed E-state index contributed by atoms with van der Waals surface area (Å²) >= 11 is 5.77. The van der Waals surface area contributed by atoms with Crippen LogP contribution in [0.5, 0.6) is 0 Å². The monoisotopic (exact) mass is 266 g/mol.